The number of amides is 2. The molecule has 3 aliphatic rings. The van der Waals surface area contributed by atoms with Gasteiger partial charge in [0.05, 0.1) is 17.7 Å². The Morgan fingerprint density at radius 2 is 1.71 bits per heavy atom. The first kappa shape index (κ1) is 27.3. The van der Waals surface area contributed by atoms with Crippen LogP contribution in [0.1, 0.15) is 48.4 Å². The van der Waals surface area contributed by atoms with E-state index in [1.807, 2.05) is 18.3 Å². The molecule has 8 nitrogen and oxygen atoms in total. The molecule has 0 spiro atoms. The zero-order valence-corrected chi connectivity index (χ0v) is 23.4. The van der Waals surface area contributed by atoms with Crippen LogP contribution in [0.2, 0.25) is 0 Å². The summed E-state index contributed by atoms with van der Waals surface area (Å²) in [6.45, 7) is 5.92. The molecule has 4 heterocycles. The number of hydrogen-bond acceptors (Lipinski definition) is 6. The van der Waals surface area contributed by atoms with Crippen molar-refractivity contribution in [1.82, 2.24) is 19.7 Å². The van der Waals surface area contributed by atoms with E-state index >= 15 is 0 Å². The molecule has 3 aliphatic heterocycles. The standard InChI is InChI=1S/C33H37N5O3/c34-20-25-6-9-30(10-7-25)41-32-11-8-27(21-35-32)22-36-16-12-29(13-17-36)38-31(28-4-2-1-3-5-28)24-37(33(38)39)23-26-14-18-40-19-15-26/h1-11,21,26,29,31H,12-19,22-24H2/t31-/m0/s1. The molecule has 1 aromatic heterocycles. The van der Waals surface area contributed by atoms with Gasteiger partial charge in [-0.15, -0.1) is 0 Å². The van der Waals surface area contributed by atoms with Crippen LogP contribution in [-0.4, -0.2) is 71.1 Å². The number of carbonyl (C=O) groups is 1. The predicted molar refractivity (Wildman–Crippen MR) is 155 cm³/mol. The summed E-state index contributed by atoms with van der Waals surface area (Å²) in [7, 11) is 0. The molecule has 0 saturated carbocycles. The van der Waals surface area contributed by atoms with E-state index in [2.05, 4.69) is 56.1 Å². The SMILES string of the molecule is N#Cc1ccc(Oc2ccc(CN3CCC(N4C(=O)N(CC5CCOCC5)C[C@H]4c4ccccc4)CC3)cn2)cc1. The molecular weight excluding hydrogens is 514 g/mol. The predicted octanol–water partition coefficient (Wildman–Crippen LogP) is 5.62. The van der Waals surface area contributed by atoms with Crippen molar-refractivity contribution in [3.8, 4) is 17.7 Å². The van der Waals surface area contributed by atoms with Gasteiger partial charge in [0.2, 0.25) is 5.88 Å². The normalized spacial score (nSPS) is 20.8. The van der Waals surface area contributed by atoms with Gasteiger partial charge in [0.25, 0.3) is 0 Å². The molecule has 0 bridgehead atoms. The van der Waals surface area contributed by atoms with Gasteiger partial charge >= 0.3 is 6.03 Å². The minimum Gasteiger partial charge on any atom is -0.439 e. The van der Waals surface area contributed by atoms with Crippen LogP contribution in [0.3, 0.4) is 0 Å². The smallest absolute Gasteiger partial charge is 0.320 e. The Bertz CT molecular complexity index is 1330. The molecule has 0 radical (unpaired) electrons. The van der Waals surface area contributed by atoms with Gasteiger partial charge in [-0.3, -0.25) is 4.90 Å². The van der Waals surface area contributed by atoms with E-state index in [0.29, 0.717) is 23.1 Å². The van der Waals surface area contributed by atoms with Gasteiger partial charge in [-0.1, -0.05) is 36.4 Å². The number of piperidine rings is 1. The molecule has 2 aromatic carbocycles. The Labute approximate surface area is 242 Å². The number of nitrogens with zero attached hydrogens (tertiary/aromatic N) is 5. The molecule has 6 rings (SSSR count). The summed E-state index contributed by atoms with van der Waals surface area (Å²) in [6.07, 6.45) is 5.88. The van der Waals surface area contributed by atoms with Crippen molar-refractivity contribution >= 4 is 6.03 Å². The molecule has 0 unspecified atom stereocenters. The van der Waals surface area contributed by atoms with Crippen molar-refractivity contribution in [3.63, 3.8) is 0 Å². The highest BCUT2D eigenvalue weighted by Crippen LogP contribution is 2.36. The van der Waals surface area contributed by atoms with Gasteiger partial charge in [0, 0.05) is 64.2 Å². The molecule has 3 fully saturated rings. The van der Waals surface area contributed by atoms with Crippen molar-refractivity contribution < 1.29 is 14.3 Å². The molecule has 212 valence electrons. The summed E-state index contributed by atoms with van der Waals surface area (Å²) in [5.74, 6) is 1.71. The summed E-state index contributed by atoms with van der Waals surface area (Å²) in [5.41, 5.74) is 2.96. The summed E-state index contributed by atoms with van der Waals surface area (Å²) in [6, 6.07) is 24.1. The van der Waals surface area contributed by atoms with E-state index < -0.39 is 0 Å². The van der Waals surface area contributed by atoms with Crippen LogP contribution in [0.25, 0.3) is 0 Å². The number of carbonyl (C=O) groups excluding carboxylic acids is 1. The van der Waals surface area contributed by atoms with Crippen molar-refractivity contribution in [3.05, 3.63) is 89.6 Å². The van der Waals surface area contributed by atoms with Gasteiger partial charge in [0.15, 0.2) is 0 Å². The Balaban J connectivity index is 1.06. The number of urea groups is 1. The lowest BCUT2D eigenvalue weighted by Gasteiger charge is -2.39. The lowest BCUT2D eigenvalue weighted by Crippen LogP contribution is -2.47. The molecular formula is C33H37N5O3. The fourth-order valence-corrected chi connectivity index (χ4v) is 6.31. The highest BCUT2D eigenvalue weighted by atomic mass is 16.5. The zero-order chi connectivity index (χ0) is 28.0. The number of aromatic nitrogens is 1. The van der Waals surface area contributed by atoms with Crippen LogP contribution in [0.4, 0.5) is 4.79 Å². The molecule has 3 aromatic rings. The second-order valence-corrected chi connectivity index (χ2v) is 11.3. The maximum absolute atomic E-state index is 13.8. The van der Waals surface area contributed by atoms with Gasteiger partial charge in [-0.05, 0) is 67.0 Å². The van der Waals surface area contributed by atoms with Gasteiger partial charge in [-0.25, -0.2) is 9.78 Å². The van der Waals surface area contributed by atoms with Crippen LogP contribution in [0, 0.1) is 17.2 Å². The van der Waals surface area contributed by atoms with Gasteiger partial charge in [-0.2, -0.15) is 5.26 Å². The molecule has 8 heteroatoms. The highest BCUT2D eigenvalue weighted by molar-refractivity contribution is 5.78. The van der Waals surface area contributed by atoms with Crippen molar-refractivity contribution in [1.29, 1.82) is 5.26 Å². The molecule has 0 N–H and O–H groups in total. The minimum absolute atomic E-state index is 0.105. The first-order chi connectivity index (χ1) is 20.2. The van der Waals surface area contributed by atoms with E-state index in [0.717, 1.165) is 77.2 Å². The second kappa shape index (κ2) is 12.7. The number of ether oxygens (including phenoxy) is 2. The third kappa shape index (κ3) is 6.53. The number of likely N-dealkylation sites (tertiary alicyclic amines) is 1. The topological polar surface area (TPSA) is 81.9 Å². The second-order valence-electron chi connectivity index (χ2n) is 11.3. The number of hydrogen-bond donors (Lipinski definition) is 0. The maximum atomic E-state index is 13.8. The monoisotopic (exact) mass is 551 g/mol. The Kier molecular flexibility index (Phi) is 8.45. The third-order valence-electron chi connectivity index (χ3n) is 8.58. The fraction of sp³-hybridized carbons (Fsp3) is 0.424. The van der Waals surface area contributed by atoms with Gasteiger partial charge in [0.1, 0.15) is 5.75 Å². The minimum atomic E-state index is 0.105. The Hall–Kier alpha value is -3.93. The summed E-state index contributed by atoms with van der Waals surface area (Å²) >= 11 is 0. The summed E-state index contributed by atoms with van der Waals surface area (Å²) < 4.78 is 11.4. The van der Waals surface area contributed by atoms with Crippen LogP contribution in [0.5, 0.6) is 11.6 Å². The average Bonchev–Trinajstić information content (AvgIpc) is 3.35. The van der Waals surface area contributed by atoms with E-state index in [1.165, 1.54) is 5.56 Å². The average molecular weight is 552 g/mol. The molecule has 0 aliphatic carbocycles. The largest absolute Gasteiger partial charge is 0.439 e. The van der Waals surface area contributed by atoms with E-state index in [4.69, 9.17) is 14.7 Å². The lowest BCUT2D eigenvalue weighted by atomic mass is 9.98. The fourth-order valence-electron chi connectivity index (χ4n) is 6.31. The first-order valence-electron chi connectivity index (χ1n) is 14.7. The van der Waals surface area contributed by atoms with E-state index in [-0.39, 0.29) is 18.1 Å². The van der Waals surface area contributed by atoms with Crippen molar-refractivity contribution in [2.24, 2.45) is 5.92 Å². The molecule has 1 atom stereocenters. The zero-order valence-electron chi connectivity index (χ0n) is 23.4. The molecule has 2 amide bonds. The van der Waals surface area contributed by atoms with Crippen LogP contribution in [0.15, 0.2) is 72.9 Å². The highest BCUT2D eigenvalue weighted by Gasteiger charge is 2.43. The van der Waals surface area contributed by atoms with Crippen molar-refractivity contribution in [2.75, 3.05) is 39.4 Å². The maximum Gasteiger partial charge on any atom is 0.320 e. The number of pyridine rings is 1. The third-order valence-corrected chi connectivity index (χ3v) is 8.58. The quantitative estimate of drug-likeness (QED) is 0.362. The molecule has 3 saturated heterocycles. The van der Waals surface area contributed by atoms with E-state index in [9.17, 15) is 4.79 Å². The van der Waals surface area contributed by atoms with Gasteiger partial charge < -0.3 is 19.3 Å². The van der Waals surface area contributed by atoms with Crippen LogP contribution in [-0.2, 0) is 11.3 Å². The summed E-state index contributed by atoms with van der Waals surface area (Å²) in [4.78, 5) is 25.0. The Morgan fingerprint density at radius 1 is 0.951 bits per heavy atom. The van der Waals surface area contributed by atoms with Crippen molar-refractivity contribution in [2.45, 2.75) is 44.3 Å². The number of benzene rings is 2. The first-order valence-corrected chi connectivity index (χ1v) is 14.7. The number of rotatable bonds is 8. The number of nitriles is 1. The molecule has 41 heavy (non-hydrogen) atoms. The van der Waals surface area contributed by atoms with E-state index in [1.54, 1.807) is 24.3 Å². The van der Waals surface area contributed by atoms with Crippen LogP contribution >= 0.6 is 0 Å². The summed E-state index contributed by atoms with van der Waals surface area (Å²) in [5, 5.41) is 8.96. The Morgan fingerprint density at radius 3 is 2.39 bits per heavy atom. The van der Waals surface area contributed by atoms with Crippen LogP contribution < -0.4 is 4.74 Å². The lowest BCUT2D eigenvalue weighted by molar-refractivity contribution is 0.0574.